The lowest BCUT2D eigenvalue weighted by atomic mass is 9.82. The number of esters is 1. The van der Waals surface area contributed by atoms with Gasteiger partial charge >= 0.3 is 5.97 Å². The molecule has 0 aromatic heterocycles. The SMILES string of the molecule is C[C@@H](O)[C@H]1C(=O)N2C(C(=O)OCc3ccc([N+](=O)[O-])cc3)=C([C@@H]3CC(c4ccccc4)=NO3)C[C@H]12. The van der Waals surface area contributed by atoms with Crippen molar-refractivity contribution in [1.82, 2.24) is 4.90 Å². The third-order valence-electron chi connectivity index (χ3n) is 6.64. The number of oxime groups is 1. The van der Waals surface area contributed by atoms with Gasteiger partial charge in [-0.3, -0.25) is 14.9 Å². The summed E-state index contributed by atoms with van der Waals surface area (Å²) in [7, 11) is 0. The minimum absolute atomic E-state index is 0.0633. The Morgan fingerprint density at radius 1 is 1.23 bits per heavy atom. The normalized spacial score (nSPS) is 23.8. The molecule has 180 valence electrons. The molecule has 0 saturated carbocycles. The molecule has 2 aromatic carbocycles. The molecule has 3 aliphatic heterocycles. The molecule has 1 amide bonds. The molecule has 0 unspecified atom stereocenters. The van der Waals surface area contributed by atoms with Gasteiger partial charge in [0.15, 0.2) is 6.10 Å². The van der Waals surface area contributed by atoms with Gasteiger partial charge in [-0.2, -0.15) is 0 Å². The van der Waals surface area contributed by atoms with Crippen LogP contribution < -0.4 is 0 Å². The molecule has 1 N–H and O–H groups in total. The van der Waals surface area contributed by atoms with Crippen molar-refractivity contribution in [3.05, 3.63) is 87.1 Å². The maximum Gasteiger partial charge on any atom is 0.355 e. The highest BCUT2D eigenvalue weighted by Crippen LogP contribution is 2.46. The van der Waals surface area contributed by atoms with Crippen molar-refractivity contribution in [2.45, 2.75) is 44.6 Å². The molecular weight excluding hydrogens is 454 g/mol. The van der Waals surface area contributed by atoms with E-state index in [1.807, 2.05) is 30.3 Å². The summed E-state index contributed by atoms with van der Waals surface area (Å²) >= 11 is 0. The molecule has 10 heteroatoms. The van der Waals surface area contributed by atoms with Crippen LogP contribution in [0.5, 0.6) is 0 Å². The van der Waals surface area contributed by atoms with Gasteiger partial charge in [-0.25, -0.2) is 4.79 Å². The Balaban J connectivity index is 1.36. The third kappa shape index (κ3) is 4.06. The first kappa shape index (κ1) is 22.7. The summed E-state index contributed by atoms with van der Waals surface area (Å²) in [6.07, 6.45) is -0.556. The number of amides is 1. The number of carbonyl (C=O) groups is 2. The summed E-state index contributed by atoms with van der Waals surface area (Å²) in [6, 6.07) is 14.9. The van der Waals surface area contributed by atoms with Crippen LogP contribution in [-0.4, -0.2) is 50.8 Å². The number of non-ortho nitro benzene ring substituents is 1. The summed E-state index contributed by atoms with van der Waals surface area (Å²) in [4.78, 5) is 43.4. The third-order valence-corrected chi connectivity index (χ3v) is 6.64. The van der Waals surface area contributed by atoms with E-state index in [0.717, 1.165) is 11.3 Å². The zero-order valence-corrected chi connectivity index (χ0v) is 18.9. The topological polar surface area (TPSA) is 132 Å². The first-order valence-corrected chi connectivity index (χ1v) is 11.3. The molecule has 3 heterocycles. The molecular formula is C25H23N3O7. The lowest BCUT2D eigenvalue weighted by molar-refractivity contribution is -0.384. The zero-order valence-electron chi connectivity index (χ0n) is 18.9. The minimum atomic E-state index is -0.846. The lowest BCUT2D eigenvalue weighted by Crippen LogP contribution is -2.61. The van der Waals surface area contributed by atoms with Crippen molar-refractivity contribution in [3.8, 4) is 0 Å². The quantitative estimate of drug-likeness (QED) is 0.281. The van der Waals surface area contributed by atoms with Crippen LogP contribution in [0.3, 0.4) is 0 Å². The van der Waals surface area contributed by atoms with E-state index in [1.54, 1.807) is 6.92 Å². The van der Waals surface area contributed by atoms with Gasteiger partial charge < -0.3 is 19.6 Å². The van der Waals surface area contributed by atoms with Gasteiger partial charge in [-0.1, -0.05) is 35.5 Å². The van der Waals surface area contributed by atoms with E-state index >= 15 is 0 Å². The summed E-state index contributed by atoms with van der Waals surface area (Å²) in [5.74, 6) is -1.61. The minimum Gasteiger partial charge on any atom is -0.456 e. The molecule has 3 aliphatic rings. The Hall–Kier alpha value is -4.05. The smallest absolute Gasteiger partial charge is 0.355 e. The summed E-state index contributed by atoms with van der Waals surface area (Å²) in [6.45, 7) is 1.45. The predicted molar refractivity (Wildman–Crippen MR) is 123 cm³/mol. The molecule has 0 spiro atoms. The number of β-lactam (4-membered cyclic amide) rings is 1. The van der Waals surface area contributed by atoms with Gasteiger partial charge in [0.1, 0.15) is 12.3 Å². The maximum atomic E-state index is 13.2. The fraction of sp³-hybridized carbons (Fsp3) is 0.320. The highest BCUT2D eigenvalue weighted by Gasteiger charge is 2.58. The largest absolute Gasteiger partial charge is 0.456 e. The first-order valence-electron chi connectivity index (χ1n) is 11.3. The van der Waals surface area contributed by atoms with Crippen molar-refractivity contribution in [2.24, 2.45) is 11.1 Å². The number of hydrogen-bond donors (Lipinski definition) is 1. The Bertz CT molecular complexity index is 1240. The van der Waals surface area contributed by atoms with Crippen molar-refractivity contribution in [2.75, 3.05) is 0 Å². The van der Waals surface area contributed by atoms with Crippen molar-refractivity contribution in [3.63, 3.8) is 0 Å². The number of fused-ring (bicyclic) bond motifs is 1. The van der Waals surface area contributed by atoms with Crippen LogP contribution in [-0.2, 0) is 25.8 Å². The number of carbonyl (C=O) groups excluding carboxylic acids is 2. The highest BCUT2D eigenvalue weighted by molar-refractivity contribution is 6.03. The first-order chi connectivity index (χ1) is 16.8. The number of nitro benzene ring substituents is 1. The molecule has 10 nitrogen and oxygen atoms in total. The van der Waals surface area contributed by atoms with E-state index < -0.39 is 29.0 Å². The lowest BCUT2D eigenvalue weighted by Gasteiger charge is -2.44. The van der Waals surface area contributed by atoms with E-state index in [-0.39, 0.29) is 29.9 Å². The van der Waals surface area contributed by atoms with Crippen LogP contribution in [0.25, 0.3) is 0 Å². The van der Waals surface area contributed by atoms with Gasteiger partial charge in [0.2, 0.25) is 5.91 Å². The number of benzene rings is 2. The van der Waals surface area contributed by atoms with Crippen LogP contribution in [0.4, 0.5) is 5.69 Å². The molecule has 2 aromatic rings. The van der Waals surface area contributed by atoms with E-state index in [9.17, 15) is 24.8 Å². The number of nitro groups is 1. The van der Waals surface area contributed by atoms with Gasteiger partial charge in [0.25, 0.3) is 5.69 Å². The maximum absolute atomic E-state index is 13.2. The van der Waals surface area contributed by atoms with Gasteiger partial charge in [0.05, 0.1) is 28.7 Å². The Morgan fingerprint density at radius 3 is 2.60 bits per heavy atom. The Labute approximate surface area is 200 Å². The second-order valence-electron chi connectivity index (χ2n) is 8.82. The molecule has 35 heavy (non-hydrogen) atoms. The average molecular weight is 477 g/mol. The van der Waals surface area contributed by atoms with E-state index in [4.69, 9.17) is 9.57 Å². The fourth-order valence-electron chi connectivity index (χ4n) is 4.88. The zero-order chi connectivity index (χ0) is 24.7. The number of hydrogen-bond acceptors (Lipinski definition) is 8. The molecule has 0 aliphatic carbocycles. The highest BCUT2D eigenvalue weighted by atomic mass is 16.6. The van der Waals surface area contributed by atoms with Crippen molar-refractivity contribution < 1.29 is 29.2 Å². The molecule has 0 bridgehead atoms. The molecule has 0 radical (unpaired) electrons. The Kier molecular flexibility index (Phi) is 5.81. The number of aliphatic hydroxyl groups excluding tert-OH is 1. The van der Waals surface area contributed by atoms with Crippen LogP contribution >= 0.6 is 0 Å². The molecule has 1 fully saturated rings. The number of ether oxygens (including phenoxy) is 1. The predicted octanol–water partition coefficient (Wildman–Crippen LogP) is 2.70. The van der Waals surface area contributed by atoms with Gasteiger partial charge in [-0.05, 0) is 36.6 Å². The molecule has 5 rings (SSSR count). The number of aliphatic hydroxyl groups is 1. The Morgan fingerprint density at radius 2 is 1.94 bits per heavy atom. The second kappa shape index (κ2) is 8.95. The average Bonchev–Trinajstić information content (AvgIpc) is 3.46. The van der Waals surface area contributed by atoms with E-state index in [2.05, 4.69) is 5.16 Å². The van der Waals surface area contributed by atoms with E-state index in [0.29, 0.717) is 24.0 Å². The van der Waals surface area contributed by atoms with Crippen LogP contribution in [0.2, 0.25) is 0 Å². The van der Waals surface area contributed by atoms with Gasteiger partial charge in [0, 0.05) is 24.1 Å². The molecule has 4 atom stereocenters. The molecule has 1 saturated heterocycles. The van der Waals surface area contributed by atoms with E-state index in [1.165, 1.54) is 29.2 Å². The summed E-state index contributed by atoms with van der Waals surface area (Å²) in [5.41, 5.74) is 2.92. The van der Waals surface area contributed by atoms with Crippen LogP contribution in [0.15, 0.2) is 71.0 Å². The van der Waals surface area contributed by atoms with Crippen molar-refractivity contribution in [1.29, 1.82) is 0 Å². The van der Waals surface area contributed by atoms with Gasteiger partial charge in [-0.15, -0.1) is 0 Å². The fourth-order valence-corrected chi connectivity index (χ4v) is 4.88. The number of nitrogens with zero attached hydrogens (tertiary/aromatic N) is 3. The summed E-state index contributed by atoms with van der Waals surface area (Å²) < 4.78 is 5.49. The standard InChI is InChI=1S/C25H23N3O7/c1-14(29)22-20-11-18(21-12-19(26-35-21)16-5-3-2-4-6-16)23(27(20)24(22)30)25(31)34-13-15-7-9-17(10-8-15)28(32)33/h2-10,14,20-22,29H,11-13H2,1H3/t14-,20-,21+,22-/m1/s1. The summed E-state index contributed by atoms with van der Waals surface area (Å²) in [5, 5.41) is 25.1. The van der Waals surface area contributed by atoms with Crippen LogP contribution in [0, 0.1) is 16.0 Å². The second-order valence-corrected chi connectivity index (χ2v) is 8.82. The van der Waals surface area contributed by atoms with Crippen LogP contribution in [0.1, 0.15) is 30.9 Å². The van der Waals surface area contributed by atoms with Crippen molar-refractivity contribution >= 4 is 23.3 Å². The monoisotopic (exact) mass is 477 g/mol. The number of rotatable bonds is 7.